The van der Waals surface area contributed by atoms with E-state index in [0.29, 0.717) is 22.6 Å². The zero-order chi connectivity index (χ0) is 14.5. The lowest BCUT2D eigenvalue weighted by Crippen LogP contribution is -2.13. The molecule has 5 heteroatoms. The highest BCUT2D eigenvalue weighted by Crippen LogP contribution is 2.23. The fourth-order valence-electron chi connectivity index (χ4n) is 1.74. The molecule has 0 saturated heterocycles. The predicted molar refractivity (Wildman–Crippen MR) is 79.6 cm³/mol. The van der Waals surface area contributed by atoms with Crippen molar-refractivity contribution in [2.45, 2.75) is 6.92 Å². The molecule has 0 aliphatic rings. The highest BCUT2D eigenvalue weighted by molar-refractivity contribution is 6.06. The summed E-state index contributed by atoms with van der Waals surface area (Å²) in [7, 11) is 0. The van der Waals surface area contributed by atoms with Crippen LogP contribution in [0.1, 0.15) is 17.3 Å². The van der Waals surface area contributed by atoms with Gasteiger partial charge in [-0.1, -0.05) is 18.2 Å². The first-order valence-electron chi connectivity index (χ1n) is 6.10. The Labute approximate surface area is 116 Å². The number of nitrogens with two attached hydrogens (primary N) is 1. The van der Waals surface area contributed by atoms with E-state index >= 15 is 0 Å². The average molecular weight is 269 g/mol. The molecule has 0 aliphatic carbocycles. The Hall–Kier alpha value is -2.82. The van der Waals surface area contributed by atoms with Gasteiger partial charge in [-0.25, -0.2) is 0 Å². The van der Waals surface area contributed by atoms with Crippen LogP contribution in [0.25, 0.3) is 0 Å². The molecule has 5 nitrogen and oxygen atoms in total. The van der Waals surface area contributed by atoms with E-state index in [1.54, 1.807) is 42.5 Å². The van der Waals surface area contributed by atoms with Crippen LogP contribution in [0.15, 0.2) is 48.5 Å². The first kappa shape index (κ1) is 13.6. The predicted octanol–water partition coefficient (Wildman–Crippen LogP) is 2.48. The summed E-state index contributed by atoms with van der Waals surface area (Å²) in [6.07, 6.45) is 0. The molecule has 0 spiro atoms. The highest BCUT2D eigenvalue weighted by Gasteiger charge is 2.08. The molecule has 2 rings (SSSR count). The van der Waals surface area contributed by atoms with E-state index < -0.39 is 0 Å². The normalized spacial score (nSPS) is 9.85. The van der Waals surface area contributed by atoms with E-state index in [9.17, 15) is 9.59 Å². The maximum atomic E-state index is 12.0. The van der Waals surface area contributed by atoms with Gasteiger partial charge in [0.2, 0.25) is 5.91 Å². The molecule has 102 valence electrons. The number of hydrogen-bond acceptors (Lipinski definition) is 3. The van der Waals surface area contributed by atoms with Crippen molar-refractivity contribution in [3.8, 4) is 0 Å². The summed E-state index contributed by atoms with van der Waals surface area (Å²) >= 11 is 0. The Morgan fingerprint density at radius 2 is 1.70 bits per heavy atom. The van der Waals surface area contributed by atoms with Crippen LogP contribution in [0.4, 0.5) is 17.1 Å². The Morgan fingerprint density at radius 3 is 2.30 bits per heavy atom. The van der Waals surface area contributed by atoms with Crippen LogP contribution in [-0.4, -0.2) is 11.8 Å². The Bertz CT molecular complexity index is 639. The van der Waals surface area contributed by atoms with Crippen molar-refractivity contribution in [2.75, 3.05) is 16.4 Å². The third-order valence-corrected chi connectivity index (χ3v) is 2.66. The fourth-order valence-corrected chi connectivity index (χ4v) is 1.74. The van der Waals surface area contributed by atoms with Crippen molar-refractivity contribution in [1.82, 2.24) is 0 Å². The Kier molecular flexibility index (Phi) is 4.00. The lowest BCUT2D eigenvalue weighted by Gasteiger charge is -2.10. The zero-order valence-electron chi connectivity index (χ0n) is 11.0. The van der Waals surface area contributed by atoms with Gasteiger partial charge in [0.05, 0.1) is 11.4 Å². The zero-order valence-corrected chi connectivity index (χ0v) is 11.0. The van der Waals surface area contributed by atoms with Gasteiger partial charge in [-0.05, 0) is 30.3 Å². The van der Waals surface area contributed by atoms with Gasteiger partial charge in [-0.2, -0.15) is 0 Å². The SMILES string of the molecule is CC(=O)Nc1ccc(NC(=O)c2ccccc2)c(N)c1. The summed E-state index contributed by atoms with van der Waals surface area (Å²) in [5.74, 6) is -0.407. The molecule has 0 unspecified atom stereocenters. The molecule has 0 fully saturated rings. The van der Waals surface area contributed by atoms with Crippen LogP contribution >= 0.6 is 0 Å². The number of nitrogen functional groups attached to an aromatic ring is 1. The van der Waals surface area contributed by atoms with Crippen molar-refractivity contribution in [2.24, 2.45) is 0 Å². The molecule has 0 bridgehead atoms. The molecule has 0 saturated carbocycles. The van der Waals surface area contributed by atoms with Crippen LogP contribution in [0, 0.1) is 0 Å². The molecule has 2 aromatic carbocycles. The Balaban J connectivity index is 2.14. The lowest BCUT2D eigenvalue weighted by molar-refractivity contribution is -0.114. The molecular weight excluding hydrogens is 254 g/mol. The second-order valence-corrected chi connectivity index (χ2v) is 4.30. The Morgan fingerprint density at radius 1 is 1.00 bits per heavy atom. The molecule has 20 heavy (non-hydrogen) atoms. The third kappa shape index (κ3) is 3.35. The van der Waals surface area contributed by atoms with Crippen LogP contribution < -0.4 is 16.4 Å². The first-order chi connectivity index (χ1) is 9.56. The van der Waals surface area contributed by atoms with Gasteiger partial charge in [-0.3, -0.25) is 9.59 Å². The maximum absolute atomic E-state index is 12.0. The number of rotatable bonds is 3. The van der Waals surface area contributed by atoms with E-state index in [2.05, 4.69) is 10.6 Å². The number of nitrogens with one attached hydrogen (secondary N) is 2. The van der Waals surface area contributed by atoms with Crippen molar-refractivity contribution >= 4 is 28.9 Å². The van der Waals surface area contributed by atoms with E-state index in [4.69, 9.17) is 5.73 Å². The maximum Gasteiger partial charge on any atom is 0.255 e. The van der Waals surface area contributed by atoms with Gasteiger partial charge >= 0.3 is 0 Å². The van der Waals surface area contributed by atoms with Gasteiger partial charge in [0.15, 0.2) is 0 Å². The van der Waals surface area contributed by atoms with Gasteiger partial charge < -0.3 is 16.4 Å². The quantitative estimate of drug-likeness (QED) is 0.748. The molecule has 0 heterocycles. The van der Waals surface area contributed by atoms with Gasteiger partial charge in [0.25, 0.3) is 5.91 Å². The fraction of sp³-hybridized carbons (Fsp3) is 0.0667. The standard InChI is InChI=1S/C15H15N3O2/c1-10(19)17-12-7-8-14(13(16)9-12)18-15(20)11-5-3-2-4-6-11/h2-9H,16H2,1H3,(H,17,19)(H,18,20). The monoisotopic (exact) mass is 269 g/mol. The van der Waals surface area contributed by atoms with Crippen LogP contribution in [0.5, 0.6) is 0 Å². The molecule has 0 aromatic heterocycles. The van der Waals surface area contributed by atoms with Crippen LogP contribution in [-0.2, 0) is 4.79 Å². The van der Waals surface area contributed by atoms with Gasteiger partial charge in [0.1, 0.15) is 0 Å². The van der Waals surface area contributed by atoms with E-state index in [1.165, 1.54) is 6.92 Å². The topological polar surface area (TPSA) is 84.2 Å². The minimum atomic E-state index is -0.232. The van der Waals surface area contributed by atoms with Crippen LogP contribution in [0.2, 0.25) is 0 Å². The minimum absolute atomic E-state index is 0.175. The molecule has 4 N–H and O–H groups in total. The number of carbonyl (C=O) groups excluding carboxylic acids is 2. The molecule has 0 aliphatic heterocycles. The van der Waals surface area contributed by atoms with Crippen LogP contribution in [0.3, 0.4) is 0 Å². The van der Waals surface area contributed by atoms with Gasteiger partial charge in [-0.15, -0.1) is 0 Å². The lowest BCUT2D eigenvalue weighted by atomic mass is 10.2. The summed E-state index contributed by atoms with van der Waals surface area (Å²) in [4.78, 5) is 22.9. The number of hydrogen-bond donors (Lipinski definition) is 3. The number of benzene rings is 2. The summed E-state index contributed by atoms with van der Waals surface area (Å²) in [6.45, 7) is 1.42. The molecule has 0 radical (unpaired) electrons. The summed E-state index contributed by atoms with van der Waals surface area (Å²) < 4.78 is 0. The van der Waals surface area contributed by atoms with E-state index in [1.807, 2.05) is 6.07 Å². The molecular formula is C15H15N3O2. The third-order valence-electron chi connectivity index (χ3n) is 2.66. The highest BCUT2D eigenvalue weighted by atomic mass is 16.2. The second kappa shape index (κ2) is 5.88. The smallest absolute Gasteiger partial charge is 0.255 e. The molecule has 2 aromatic rings. The molecule has 0 atom stereocenters. The second-order valence-electron chi connectivity index (χ2n) is 4.30. The number of carbonyl (C=O) groups is 2. The molecule has 2 amide bonds. The number of anilines is 3. The summed E-state index contributed by atoms with van der Waals surface area (Å²) in [5, 5.41) is 5.36. The number of amides is 2. The van der Waals surface area contributed by atoms with Crippen molar-refractivity contribution in [3.63, 3.8) is 0 Å². The van der Waals surface area contributed by atoms with Crippen molar-refractivity contribution in [1.29, 1.82) is 0 Å². The summed E-state index contributed by atoms with van der Waals surface area (Å²) in [6, 6.07) is 13.8. The van der Waals surface area contributed by atoms with Crippen molar-refractivity contribution < 1.29 is 9.59 Å². The van der Waals surface area contributed by atoms with E-state index in [0.717, 1.165) is 0 Å². The van der Waals surface area contributed by atoms with Crippen molar-refractivity contribution in [3.05, 3.63) is 54.1 Å². The van der Waals surface area contributed by atoms with E-state index in [-0.39, 0.29) is 11.8 Å². The minimum Gasteiger partial charge on any atom is -0.397 e. The summed E-state index contributed by atoms with van der Waals surface area (Å²) in [5.41, 5.74) is 7.90. The van der Waals surface area contributed by atoms with Gasteiger partial charge in [0, 0.05) is 18.2 Å². The first-order valence-corrected chi connectivity index (χ1v) is 6.10. The largest absolute Gasteiger partial charge is 0.397 e. The average Bonchev–Trinajstić information content (AvgIpc) is 2.42.